The maximum atomic E-state index is 5.43. The number of pyridine rings is 1. The highest BCUT2D eigenvalue weighted by Gasteiger charge is 2.52. The molecule has 0 aliphatic heterocycles. The van der Waals surface area contributed by atoms with Crippen LogP contribution < -0.4 is 0 Å². The number of aromatic nitrogens is 3. The highest BCUT2D eigenvalue weighted by Crippen LogP contribution is 2.63. The van der Waals surface area contributed by atoms with Gasteiger partial charge in [0, 0.05) is 29.1 Å². The first-order chi connectivity index (χ1) is 27.3. The zero-order valence-electron chi connectivity index (χ0n) is 29.9. The Hall–Kier alpha value is -7.23. The Morgan fingerprint density at radius 1 is 0.327 bits per heavy atom. The summed E-state index contributed by atoms with van der Waals surface area (Å²) in [6.45, 7) is 0. The van der Waals surface area contributed by atoms with Gasteiger partial charge >= 0.3 is 0 Å². The minimum absolute atomic E-state index is 0.431. The fourth-order valence-electron chi connectivity index (χ4n) is 9.05. The predicted molar refractivity (Wildman–Crippen MR) is 223 cm³/mol. The van der Waals surface area contributed by atoms with Crippen molar-refractivity contribution >= 4 is 0 Å². The van der Waals surface area contributed by atoms with Gasteiger partial charge in [0.2, 0.25) is 0 Å². The fraction of sp³-hybridized carbons (Fsp3) is 0.0192. The maximum Gasteiger partial charge on any atom is 0.160 e. The summed E-state index contributed by atoms with van der Waals surface area (Å²) >= 11 is 0. The minimum atomic E-state index is -0.431. The number of hydrogen-bond donors (Lipinski definition) is 0. The van der Waals surface area contributed by atoms with Gasteiger partial charge in [-0.05, 0) is 85.0 Å². The van der Waals surface area contributed by atoms with Gasteiger partial charge in [0.1, 0.15) is 0 Å². The van der Waals surface area contributed by atoms with Gasteiger partial charge in [0.05, 0.1) is 16.8 Å². The van der Waals surface area contributed by atoms with Gasteiger partial charge in [0.25, 0.3) is 0 Å². The van der Waals surface area contributed by atoms with Gasteiger partial charge in [-0.2, -0.15) is 0 Å². The average molecular weight is 700 g/mol. The topological polar surface area (TPSA) is 38.7 Å². The molecule has 7 aromatic carbocycles. The summed E-state index contributed by atoms with van der Waals surface area (Å²) in [5, 5.41) is 0. The predicted octanol–water partition coefficient (Wildman–Crippen LogP) is 12.6. The molecular weight excluding hydrogens is 667 g/mol. The molecule has 256 valence electrons. The fourth-order valence-corrected chi connectivity index (χ4v) is 9.05. The van der Waals surface area contributed by atoms with E-state index in [-0.39, 0.29) is 0 Å². The van der Waals surface area contributed by atoms with Crippen molar-refractivity contribution in [3.05, 3.63) is 223 Å². The molecule has 9 aromatic rings. The molecule has 2 aliphatic carbocycles. The van der Waals surface area contributed by atoms with Crippen molar-refractivity contribution in [2.75, 3.05) is 0 Å². The lowest BCUT2D eigenvalue weighted by Gasteiger charge is -2.30. The third kappa shape index (κ3) is 4.80. The Balaban J connectivity index is 1.15. The molecule has 0 fully saturated rings. The van der Waals surface area contributed by atoms with Gasteiger partial charge in [-0.1, -0.05) is 170 Å². The molecule has 55 heavy (non-hydrogen) atoms. The molecule has 0 bridgehead atoms. The number of fused-ring (bicyclic) bond motifs is 10. The normalized spacial score (nSPS) is 12.9. The maximum absolute atomic E-state index is 5.43. The molecule has 0 saturated heterocycles. The number of nitrogens with zero attached hydrogens (tertiary/aromatic N) is 3. The van der Waals surface area contributed by atoms with Crippen LogP contribution in [-0.4, -0.2) is 15.0 Å². The van der Waals surface area contributed by atoms with E-state index in [0.717, 1.165) is 50.3 Å². The zero-order chi connectivity index (χ0) is 36.3. The van der Waals surface area contributed by atoms with E-state index >= 15 is 0 Å². The first kappa shape index (κ1) is 31.3. The molecule has 0 unspecified atom stereocenters. The summed E-state index contributed by atoms with van der Waals surface area (Å²) in [6.07, 6.45) is 3.71. The van der Waals surface area contributed by atoms with E-state index < -0.39 is 5.41 Å². The summed E-state index contributed by atoms with van der Waals surface area (Å²) in [6, 6.07) is 67.6. The summed E-state index contributed by atoms with van der Waals surface area (Å²) in [7, 11) is 0. The van der Waals surface area contributed by atoms with Crippen molar-refractivity contribution in [1.82, 2.24) is 15.0 Å². The van der Waals surface area contributed by atoms with Crippen LogP contribution in [-0.2, 0) is 5.41 Å². The first-order valence-corrected chi connectivity index (χ1v) is 18.8. The molecule has 3 nitrogen and oxygen atoms in total. The Morgan fingerprint density at radius 3 is 1.58 bits per heavy atom. The molecule has 1 spiro atoms. The Kier molecular flexibility index (Phi) is 7.08. The van der Waals surface area contributed by atoms with E-state index in [1.54, 1.807) is 6.20 Å². The molecule has 0 amide bonds. The lowest BCUT2D eigenvalue weighted by Crippen LogP contribution is -2.25. The van der Waals surface area contributed by atoms with E-state index in [4.69, 9.17) is 9.97 Å². The number of rotatable bonds is 5. The smallest absolute Gasteiger partial charge is 0.160 e. The zero-order valence-corrected chi connectivity index (χ0v) is 29.9. The second kappa shape index (κ2) is 12.4. The van der Waals surface area contributed by atoms with Crippen molar-refractivity contribution in [2.24, 2.45) is 0 Å². The van der Waals surface area contributed by atoms with Crippen LogP contribution in [0.2, 0.25) is 0 Å². The monoisotopic (exact) mass is 699 g/mol. The van der Waals surface area contributed by atoms with Crippen LogP contribution in [0, 0.1) is 0 Å². The van der Waals surface area contributed by atoms with Gasteiger partial charge in [-0.15, -0.1) is 0 Å². The largest absolute Gasteiger partial charge is 0.264 e. The lowest BCUT2D eigenvalue weighted by molar-refractivity contribution is 0.794. The first-order valence-electron chi connectivity index (χ1n) is 18.8. The van der Waals surface area contributed by atoms with Gasteiger partial charge in [-0.3, -0.25) is 4.98 Å². The summed E-state index contributed by atoms with van der Waals surface area (Å²) in [5.74, 6) is 0.691. The lowest BCUT2D eigenvalue weighted by atomic mass is 9.70. The number of hydrogen-bond acceptors (Lipinski definition) is 3. The van der Waals surface area contributed by atoms with E-state index in [1.807, 2.05) is 12.3 Å². The van der Waals surface area contributed by atoms with Crippen LogP contribution in [0.25, 0.3) is 78.4 Å². The van der Waals surface area contributed by atoms with Gasteiger partial charge in [0.15, 0.2) is 5.82 Å². The molecule has 3 heteroatoms. The second-order valence-electron chi connectivity index (χ2n) is 14.3. The molecule has 0 N–H and O–H groups in total. The van der Waals surface area contributed by atoms with Gasteiger partial charge < -0.3 is 0 Å². The number of benzene rings is 7. The van der Waals surface area contributed by atoms with E-state index in [0.29, 0.717) is 5.82 Å². The standard InChI is InChI=1S/C52H33N3/c1-2-13-34(14-3-1)37-15-10-16-38(31-37)51-54-48(36-28-26-35(27-29-36)39-17-12-30-53-33-39)32-49(55-51)43-21-11-25-47-50(43)42-20-6-9-24-46(42)52(47)44-22-7-4-18-40(44)41-19-5-8-23-45(41)52/h1-33H. The van der Waals surface area contributed by atoms with Crippen molar-refractivity contribution in [3.63, 3.8) is 0 Å². The third-order valence-corrected chi connectivity index (χ3v) is 11.4. The second-order valence-corrected chi connectivity index (χ2v) is 14.3. The quantitative estimate of drug-likeness (QED) is 0.179. The van der Waals surface area contributed by atoms with E-state index in [9.17, 15) is 0 Å². The molecule has 2 aliphatic rings. The highest BCUT2D eigenvalue weighted by molar-refractivity contribution is 5.99. The molecule has 2 aromatic heterocycles. The summed E-state index contributed by atoms with van der Waals surface area (Å²) in [5.41, 5.74) is 19.2. The Labute approximate surface area is 320 Å². The van der Waals surface area contributed by atoms with Crippen molar-refractivity contribution in [2.45, 2.75) is 5.41 Å². The van der Waals surface area contributed by atoms with Crippen molar-refractivity contribution < 1.29 is 0 Å². The Bertz CT molecular complexity index is 2870. The molecule has 2 heterocycles. The van der Waals surface area contributed by atoms with Crippen molar-refractivity contribution in [1.29, 1.82) is 0 Å². The molecule has 0 radical (unpaired) electrons. The van der Waals surface area contributed by atoms with E-state index in [2.05, 4.69) is 187 Å². The Morgan fingerprint density at radius 2 is 0.855 bits per heavy atom. The SMILES string of the molecule is c1ccc(-c2cccc(-c3nc(-c4ccc(-c5cccnc5)cc4)cc(-c4cccc5c4-c4ccccc4C54c5ccccc5-c5ccccc54)n3)c2)cc1. The molecule has 11 rings (SSSR count). The van der Waals surface area contributed by atoms with Crippen LogP contribution in [0.15, 0.2) is 200 Å². The molecular formula is C52H33N3. The van der Waals surface area contributed by atoms with Crippen LogP contribution in [0.4, 0.5) is 0 Å². The highest BCUT2D eigenvalue weighted by atomic mass is 14.9. The third-order valence-electron chi connectivity index (χ3n) is 11.4. The minimum Gasteiger partial charge on any atom is -0.264 e. The van der Waals surface area contributed by atoms with Crippen LogP contribution in [0.5, 0.6) is 0 Å². The van der Waals surface area contributed by atoms with Crippen LogP contribution >= 0.6 is 0 Å². The van der Waals surface area contributed by atoms with E-state index in [1.165, 1.54) is 44.5 Å². The van der Waals surface area contributed by atoms with Crippen molar-refractivity contribution in [3.8, 4) is 78.4 Å². The van der Waals surface area contributed by atoms with Gasteiger partial charge in [-0.25, -0.2) is 9.97 Å². The van der Waals surface area contributed by atoms with Crippen LogP contribution in [0.3, 0.4) is 0 Å². The summed E-state index contributed by atoms with van der Waals surface area (Å²) in [4.78, 5) is 15.1. The molecule has 0 saturated carbocycles. The summed E-state index contributed by atoms with van der Waals surface area (Å²) < 4.78 is 0. The molecule has 0 atom stereocenters. The average Bonchev–Trinajstić information content (AvgIpc) is 3.75. The van der Waals surface area contributed by atoms with Crippen LogP contribution in [0.1, 0.15) is 22.3 Å².